The van der Waals surface area contributed by atoms with E-state index in [1.165, 1.54) is 12.8 Å². The highest BCUT2D eigenvalue weighted by molar-refractivity contribution is 5.72. The van der Waals surface area contributed by atoms with Gasteiger partial charge in [-0.2, -0.15) is 0 Å². The molecule has 0 amide bonds. The maximum atomic E-state index is 7.29. The van der Waals surface area contributed by atoms with Crippen molar-refractivity contribution in [3.05, 3.63) is 0 Å². The third-order valence-electron chi connectivity index (χ3n) is 2.32. The van der Waals surface area contributed by atoms with Gasteiger partial charge in [0.15, 0.2) is 5.90 Å². The van der Waals surface area contributed by atoms with Gasteiger partial charge in [0.1, 0.15) is 6.73 Å². The highest BCUT2D eigenvalue weighted by atomic mass is 16.5. The summed E-state index contributed by atoms with van der Waals surface area (Å²) >= 11 is 0. The van der Waals surface area contributed by atoms with E-state index in [4.69, 9.17) is 15.9 Å². The second-order valence-corrected chi connectivity index (χ2v) is 3.54. The van der Waals surface area contributed by atoms with Crippen LogP contribution in [0.2, 0.25) is 0 Å². The van der Waals surface area contributed by atoms with Gasteiger partial charge in [-0.15, -0.1) is 0 Å². The topological polar surface area (TPSA) is 59.1 Å². The quantitative estimate of drug-likeness (QED) is 0.368. The van der Waals surface area contributed by atoms with Crippen LogP contribution in [0, 0.1) is 10.8 Å². The Kier molecular flexibility index (Phi) is 2.49. The number of ether oxygens (including phenoxy) is 1. The number of nitrogens with one attached hydrogen (secondary N) is 1. The highest BCUT2D eigenvalue weighted by Gasteiger charge is 2.36. The van der Waals surface area contributed by atoms with E-state index in [9.17, 15) is 0 Å². The molecule has 0 aliphatic heterocycles. The second-order valence-electron chi connectivity index (χ2n) is 3.54. The molecule has 3 nitrogen and oxygen atoms in total. The lowest BCUT2D eigenvalue weighted by atomic mass is 10.0. The monoisotopic (exact) mass is 156 g/mol. The number of nitrogens with two attached hydrogens (primary N) is 1. The van der Waals surface area contributed by atoms with Gasteiger partial charge in [0, 0.05) is 6.42 Å². The Hall–Kier alpha value is -0.570. The Balaban J connectivity index is 2.06. The lowest BCUT2D eigenvalue weighted by Gasteiger charge is -2.08. The summed E-state index contributed by atoms with van der Waals surface area (Å²) in [6.07, 6.45) is 4.44. The molecule has 1 saturated carbocycles. The Labute approximate surface area is 67.4 Å². The van der Waals surface area contributed by atoms with E-state index in [0.717, 1.165) is 12.8 Å². The molecule has 3 heteroatoms. The smallest absolute Gasteiger partial charge is 0.182 e. The summed E-state index contributed by atoms with van der Waals surface area (Å²) in [6, 6.07) is 0. The van der Waals surface area contributed by atoms with Crippen molar-refractivity contribution in [3.63, 3.8) is 0 Å². The molecule has 1 fully saturated rings. The van der Waals surface area contributed by atoms with Crippen molar-refractivity contribution in [1.29, 1.82) is 5.41 Å². The Morgan fingerprint density at radius 1 is 1.64 bits per heavy atom. The van der Waals surface area contributed by atoms with Crippen LogP contribution in [-0.4, -0.2) is 12.6 Å². The van der Waals surface area contributed by atoms with E-state index in [1.54, 1.807) is 0 Å². The summed E-state index contributed by atoms with van der Waals surface area (Å²) in [5.74, 6) is 0.334. The molecule has 1 aliphatic carbocycles. The zero-order valence-electron chi connectivity index (χ0n) is 7.02. The Morgan fingerprint density at radius 2 is 2.27 bits per heavy atom. The minimum absolute atomic E-state index is 0.134. The van der Waals surface area contributed by atoms with Crippen LogP contribution in [-0.2, 0) is 4.74 Å². The van der Waals surface area contributed by atoms with Crippen LogP contribution in [0.15, 0.2) is 0 Å². The van der Waals surface area contributed by atoms with Crippen molar-refractivity contribution in [3.8, 4) is 0 Å². The largest absolute Gasteiger partial charge is 0.466 e. The van der Waals surface area contributed by atoms with Crippen molar-refractivity contribution < 1.29 is 4.74 Å². The Morgan fingerprint density at radius 3 is 2.73 bits per heavy atom. The lowest BCUT2D eigenvalue weighted by molar-refractivity contribution is 0.298. The summed E-state index contributed by atoms with van der Waals surface area (Å²) in [6.45, 7) is 2.39. The maximum Gasteiger partial charge on any atom is 0.182 e. The summed E-state index contributed by atoms with van der Waals surface area (Å²) in [5.41, 5.74) is 5.64. The molecule has 3 N–H and O–H groups in total. The first-order chi connectivity index (χ1) is 5.16. The third kappa shape index (κ3) is 2.89. The molecule has 0 radical (unpaired) electrons. The molecular weight excluding hydrogens is 140 g/mol. The SMILES string of the molecule is CC1(CCC(=N)OCN)CC1. The summed E-state index contributed by atoms with van der Waals surface area (Å²) in [4.78, 5) is 0. The van der Waals surface area contributed by atoms with Gasteiger partial charge >= 0.3 is 0 Å². The first-order valence-corrected chi connectivity index (χ1v) is 4.07. The maximum absolute atomic E-state index is 7.29. The minimum Gasteiger partial charge on any atom is -0.466 e. The van der Waals surface area contributed by atoms with Crippen LogP contribution in [0.1, 0.15) is 32.6 Å². The van der Waals surface area contributed by atoms with E-state index < -0.39 is 0 Å². The fourth-order valence-corrected chi connectivity index (χ4v) is 1.05. The second kappa shape index (κ2) is 3.22. The molecule has 11 heavy (non-hydrogen) atoms. The molecule has 0 aromatic carbocycles. The van der Waals surface area contributed by atoms with E-state index in [2.05, 4.69) is 6.92 Å². The molecule has 0 aromatic rings. The average Bonchev–Trinajstić information content (AvgIpc) is 2.66. The molecule has 0 bridgehead atoms. The van der Waals surface area contributed by atoms with Gasteiger partial charge in [0.2, 0.25) is 0 Å². The van der Waals surface area contributed by atoms with Crippen LogP contribution < -0.4 is 5.73 Å². The average molecular weight is 156 g/mol. The van der Waals surface area contributed by atoms with Gasteiger partial charge in [-0.1, -0.05) is 6.92 Å². The van der Waals surface area contributed by atoms with E-state index >= 15 is 0 Å². The molecule has 0 aromatic heterocycles. The molecule has 1 aliphatic rings. The van der Waals surface area contributed by atoms with Gasteiger partial charge in [-0.3, -0.25) is 11.1 Å². The first-order valence-electron chi connectivity index (χ1n) is 4.07. The summed E-state index contributed by atoms with van der Waals surface area (Å²) < 4.78 is 4.83. The van der Waals surface area contributed by atoms with Gasteiger partial charge in [0.25, 0.3) is 0 Å². The normalized spacial score (nSPS) is 19.5. The van der Waals surface area contributed by atoms with Crippen molar-refractivity contribution in [2.45, 2.75) is 32.6 Å². The zero-order valence-corrected chi connectivity index (χ0v) is 7.02. The van der Waals surface area contributed by atoms with E-state index in [0.29, 0.717) is 11.3 Å². The first kappa shape index (κ1) is 8.53. The fraction of sp³-hybridized carbons (Fsp3) is 0.875. The standard InChI is InChI=1S/C8H16N2O/c1-8(4-5-8)3-2-7(10)11-6-9/h10H,2-6,9H2,1H3. The van der Waals surface area contributed by atoms with Crippen molar-refractivity contribution in [2.24, 2.45) is 11.1 Å². The fourth-order valence-electron chi connectivity index (χ4n) is 1.05. The molecule has 1 rings (SSSR count). The molecule has 0 spiro atoms. The molecule has 0 saturated heterocycles. The molecule has 0 atom stereocenters. The number of rotatable bonds is 4. The predicted molar refractivity (Wildman–Crippen MR) is 44.4 cm³/mol. The van der Waals surface area contributed by atoms with Crippen molar-refractivity contribution in [2.75, 3.05) is 6.73 Å². The van der Waals surface area contributed by atoms with Gasteiger partial charge in [-0.05, 0) is 24.7 Å². The lowest BCUT2D eigenvalue weighted by Crippen LogP contribution is -2.12. The molecule has 0 unspecified atom stereocenters. The number of hydrogen-bond acceptors (Lipinski definition) is 3. The van der Waals surface area contributed by atoms with Crippen LogP contribution in [0.3, 0.4) is 0 Å². The van der Waals surface area contributed by atoms with Crippen LogP contribution in [0.5, 0.6) is 0 Å². The van der Waals surface area contributed by atoms with E-state index in [-0.39, 0.29) is 6.73 Å². The predicted octanol–water partition coefficient (Wildman–Crippen LogP) is 1.48. The molecule has 64 valence electrons. The van der Waals surface area contributed by atoms with Crippen LogP contribution in [0.25, 0.3) is 0 Å². The van der Waals surface area contributed by atoms with Gasteiger partial charge < -0.3 is 4.74 Å². The summed E-state index contributed by atoms with van der Waals surface area (Å²) in [7, 11) is 0. The zero-order chi connectivity index (χ0) is 8.32. The highest BCUT2D eigenvalue weighted by Crippen LogP contribution is 2.48. The van der Waals surface area contributed by atoms with Crippen molar-refractivity contribution in [1.82, 2.24) is 0 Å². The Bertz CT molecular complexity index is 152. The third-order valence-corrected chi connectivity index (χ3v) is 2.32. The van der Waals surface area contributed by atoms with Crippen LogP contribution >= 0.6 is 0 Å². The number of hydrogen-bond donors (Lipinski definition) is 2. The van der Waals surface area contributed by atoms with E-state index in [1.807, 2.05) is 0 Å². The van der Waals surface area contributed by atoms with Crippen molar-refractivity contribution >= 4 is 5.90 Å². The van der Waals surface area contributed by atoms with Gasteiger partial charge in [-0.25, -0.2) is 0 Å². The van der Waals surface area contributed by atoms with Gasteiger partial charge in [0.05, 0.1) is 0 Å². The van der Waals surface area contributed by atoms with Crippen LogP contribution in [0.4, 0.5) is 0 Å². The molecular formula is C8H16N2O. The molecule has 0 heterocycles. The minimum atomic E-state index is 0.134. The summed E-state index contributed by atoms with van der Waals surface area (Å²) in [5, 5.41) is 7.29.